The van der Waals surface area contributed by atoms with Gasteiger partial charge in [0.15, 0.2) is 0 Å². The van der Waals surface area contributed by atoms with Crippen molar-refractivity contribution in [2.45, 2.75) is 13.5 Å². The topological polar surface area (TPSA) is 44.3 Å². The highest BCUT2D eigenvalue weighted by Crippen LogP contribution is 2.15. The normalized spacial score (nSPS) is 14.9. The van der Waals surface area contributed by atoms with E-state index in [0.717, 1.165) is 45.1 Å². The lowest BCUT2D eigenvalue weighted by molar-refractivity contribution is 0.283. The van der Waals surface area contributed by atoms with Crippen LogP contribution < -0.4 is 10.2 Å². The van der Waals surface area contributed by atoms with Gasteiger partial charge in [0.1, 0.15) is 5.82 Å². The van der Waals surface area contributed by atoms with Crippen molar-refractivity contribution in [3.63, 3.8) is 0 Å². The van der Waals surface area contributed by atoms with E-state index in [1.807, 2.05) is 18.3 Å². The molecule has 30 heavy (non-hydrogen) atoms. The maximum atomic E-state index is 4.73. The Morgan fingerprint density at radius 2 is 1.70 bits per heavy atom. The maximum absolute atomic E-state index is 4.73. The molecule has 0 aliphatic carbocycles. The zero-order valence-electron chi connectivity index (χ0n) is 17.5. The summed E-state index contributed by atoms with van der Waals surface area (Å²) in [4.78, 5) is 13.9. The predicted molar refractivity (Wildman–Crippen MR) is 125 cm³/mol. The Morgan fingerprint density at radius 3 is 2.47 bits per heavy atom. The van der Waals surface area contributed by atoms with Gasteiger partial charge < -0.3 is 10.2 Å². The number of aromatic nitrogens is 2. The fraction of sp³-hybridized carbons (Fsp3) is 0.280. The van der Waals surface area contributed by atoms with E-state index in [0.29, 0.717) is 5.95 Å². The first-order valence-electron chi connectivity index (χ1n) is 10.6. The number of piperazine rings is 1. The molecule has 0 bridgehead atoms. The van der Waals surface area contributed by atoms with E-state index in [1.54, 1.807) is 0 Å². The van der Waals surface area contributed by atoms with E-state index in [9.17, 15) is 0 Å². The molecule has 1 aromatic heterocycles. The van der Waals surface area contributed by atoms with Crippen LogP contribution >= 0.6 is 0 Å². The molecule has 1 N–H and O–H groups in total. The van der Waals surface area contributed by atoms with Crippen molar-refractivity contribution in [1.82, 2.24) is 14.9 Å². The van der Waals surface area contributed by atoms with Gasteiger partial charge in [0.2, 0.25) is 5.95 Å². The minimum atomic E-state index is 0.682. The van der Waals surface area contributed by atoms with Gasteiger partial charge in [0.25, 0.3) is 0 Å². The van der Waals surface area contributed by atoms with Crippen molar-refractivity contribution in [3.05, 3.63) is 89.6 Å². The molecule has 1 aliphatic heterocycles. The van der Waals surface area contributed by atoms with Gasteiger partial charge in [-0.15, -0.1) is 0 Å². The molecule has 4 rings (SSSR count). The van der Waals surface area contributed by atoms with Crippen molar-refractivity contribution < 1.29 is 0 Å². The fourth-order valence-electron chi connectivity index (χ4n) is 3.56. The highest BCUT2D eigenvalue weighted by molar-refractivity contribution is 5.49. The van der Waals surface area contributed by atoms with Crippen LogP contribution in [0.5, 0.6) is 0 Å². The van der Waals surface area contributed by atoms with E-state index in [-0.39, 0.29) is 0 Å². The van der Waals surface area contributed by atoms with Crippen LogP contribution in [-0.2, 0) is 6.54 Å². The van der Waals surface area contributed by atoms with Crippen molar-refractivity contribution in [2.75, 3.05) is 42.9 Å². The second-order valence-corrected chi connectivity index (χ2v) is 7.68. The molecular weight excluding hydrogens is 370 g/mol. The minimum Gasteiger partial charge on any atom is -0.354 e. The zero-order valence-corrected chi connectivity index (χ0v) is 17.5. The standard InChI is InChI=1S/C25H29N5/c1-21-9-11-23(12-10-21)20-27-25-26-14-13-24(28-25)30-18-16-29(17-19-30)15-5-8-22-6-3-2-4-7-22/h2-14H,15-20H2,1H3,(H,26,27,28)/b8-5+. The molecule has 2 aromatic carbocycles. The van der Waals surface area contributed by atoms with Gasteiger partial charge in [0, 0.05) is 45.5 Å². The predicted octanol–water partition coefficient (Wildman–Crippen LogP) is 4.23. The fourth-order valence-corrected chi connectivity index (χ4v) is 3.56. The van der Waals surface area contributed by atoms with Crippen LogP contribution in [0.2, 0.25) is 0 Å². The molecule has 5 nitrogen and oxygen atoms in total. The Bertz CT molecular complexity index is 945. The van der Waals surface area contributed by atoms with E-state index < -0.39 is 0 Å². The summed E-state index contributed by atoms with van der Waals surface area (Å²) in [5.41, 5.74) is 3.75. The molecule has 1 saturated heterocycles. The Balaban J connectivity index is 1.26. The summed E-state index contributed by atoms with van der Waals surface area (Å²) >= 11 is 0. The summed E-state index contributed by atoms with van der Waals surface area (Å²) < 4.78 is 0. The highest BCUT2D eigenvalue weighted by atomic mass is 15.3. The van der Waals surface area contributed by atoms with E-state index in [2.05, 4.69) is 87.7 Å². The number of anilines is 2. The van der Waals surface area contributed by atoms with Crippen molar-refractivity contribution >= 4 is 17.8 Å². The molecule has 2 heterocycles. The van der Waals surface area contributed by atoms with Gasteiger partial charge in [-0.05, 0) is 24.1 Å². The van der Waals surface area contributed by atoms with Crippen molar-refractivity contribution in [2.24, 2.45) is 0 Å². The summed E-state index contributed by atoms with van der Waals surface area (Å²) in [5.74, 6) is 1.68. The largest absolute Gasteiger partial charge is 0.354 e. The van der Waals surface area contributed by atoms with Crippen LogP contribution in [0.25, 0.3) is 6.08 Å². The monoisotopic (exact) mass is 399 g/mol. The first-order valence-corrected chi connectivity index (χ1v) is 10.6. The lowest BCUT2D eigenvalue weighted by atomic mass is 10.1. The first-order chi connectivity index (χ1) is 14.8. The third-order valence-corrected chi connectivity index (χ3v) is 5.38. The van der Waals surface area contributed by atoms with Crippen LogP contribution in [0, 0.1) is 6.92 Å². The average Bonchev–Trinajstić information content (AvgIpc) is 2.80. The summed E-state index contributed by atoms with van der Waals surface area (Å²) in [6.07, 6.45) is 6.29. The number of nitrogens with one attached hydrogen (secondary N) is 1. The van der Waals surface area contributed by atoms with Gasteiger partial charge in [-0.2, -0.15) is 4.98 Å². The van der Waals surface area contributed by atoms with Gasteiger partial charge >= 0.3 is 0 Å². The SMILES string of the molecule is Cc1ccc(CNc2nccc(N3CCN(C/C=C/c4ccccc4)CC3)n2)cc1. The van der Waals surface area contributed by atoms with Crippen LogP contribution in [0.3, 0.4) is 0 Å². The summed E-state index contributed by atoms with van der Waals surface area (Å²) in [5, 5.41) is 3.34. The molecular formula is C25H29N5. The van der Waals surface area contributed by atoms with Gasteiger partial charge in [0.05, 0.1) is 0 Å². The second-order valence-electron chi connectivity index (χ2n) is 7.68. The number of nitrogens with zero attached hydrogens (tertiary/aromatic N) is 4. The zero-order chi connectivity index (χ0) is 20.6. The van der Waals surface area contributed by atoms with E-state index in [4.69, 9.17) is 4.98 Å². The number of aryl methyl sites for hydroxylation is 1. The molecule has 1 aliphatic rings. The number of hydrogen-bond acceptors (Lipinski definition) is 5. The van der Waals surface area contributed by atoms with E-state index in [1.165, 1.54) is 16.7 Å². The molecule has 0 atom stereocenters. The molecule has 0 radical (unpaired) electrons. The lowest BCUT2D eigenvalue weighted by Gasteiger charge is -2.34. The van der Waals surface area contributed by atoms with Gasteiger partial charge in [-0.25, -0.2) is 4.98 Å². The first kappa shape index (κ1) is 20.1. The van der Waals surface area contributed by atoms with Crippen LogP contribution in [0.15, 0.2) is 72.9 Å². The summed E-state index contributed by atoms with van der Waals surface area (Å²) in [6, 6.07) is 21.0. The molecule has 3 aromatic rings. The molecule has 0 amide bonds. The molecule has 1 fully saturated rings. The molecule has 0 unspecified atom stereocenters. The lowest BCUT2D eigenvalue weighted by Crippen LogP contribution is -2.46. The second kappa shape index (κ2) is 10.0. The summed E-state index contributed by atoms with van der Waals surface area (Å²) in [6.45, 7) is 7.84. The Labute approximate surface area is 179 Å². The summed E-state index contributed by atoms with van der Waals surface area (Å²) in [7, 11) is 0. The minimum absolute atomic E-state index is 0.682. The molecule has 154 valence electrons. The maximum Gasteiger partial charge on any atom is 0.224 e. The Hall–Kier alpha value is -3.18. The van der Waals surface area contributed by atoms with Crippen LogP contribution in [0.4, 0.5) is 11.8 Å². The van der Waals surface area contributed by atoms with Gasteiger partial charge in [-0.3, -0.25) is 4.90 Å². The molecule has 0 saturated carbocycles. The Morgan fingerprint density at radius 1 is 0.933 bits per heavy atom. The average molecular weight is 400 g/mol. The third-order valence-electron chi connectivity index (χ3n) is 5.38. The highest BCUT2D eigenvalue weighted by Gasteiger charge is 2.17. The molecule has 5 heteroatoms. The van der Waals surface area contributed by atoms with Gasteiger partial charge in [-0.1, -0.05) is 72.3 Å². The van der Waals surface area contributed by atoms with Crippen molar-refractivity contribution in [1.29, 1.82) is 0 Å². The van der Waals surface area contributed by atoms with Crippen LogP contribution in [0.1, 0.15) is 16.7 Å². The van der Waals surface area contributed by atoms with Crippen LogP contribution in [-0.4, -0.2) is 47.6 Å². The smallest absolute Gasteiger partial charge is 0.224 e. The third kappa shape index (κ3) is 5.67. The number of hydrogen-bond donors (Lipinski definition) is 1. The van der Waals surface area contributed by atoms with E-state index >= 15 is 0 Å². The number of benzene rings is 2. The molecule has 0 spiro atoms. The quantitative estimate of drug-likeness (QED) is 0.644. The Kier molecular flexibility index (Phi) is 6.72. The number of rotatable bonds is 7. The van der Waals surface area contributed by atoms with Crippen molar-refractivity contribution in [3.8, 4) is 0 Å².